The van der Waals surface area contributed by atoms with E-state index in [1.165, 1.54) is 37.7 Å². The number of amides is 1. The number of benzene rings is 1. The lowest BCUT2D eigenvalue weighted by molar-refractivity contribution is -0.132. The topological polar surface area (TPSA) is 47.0 Å². The van der Waals surface area contributed by atoms with Crippen molar-refractivity contribution in [3.63, 3.8) is 0 Å². The van der Waals surface area contributed by atoms with E-state index in [0.29, 0.717) is 26.1 Å². The van der Waals surface area contributed by atoms with E-state index in [0.717, 1.165) is 32.7 Å². The fourth-order valence-corrected chi connectivity index (χ4v) is 4.22. The number of nitrogens with zero attached hydrogens (tertiary/aromatic N) is 3. The minimum atomic E-state index is -0.470. The lowest BCUT2D eigenvalue weighted by atomic mass is 10.1. The first-order valence-corrected chi connectivity index (χ1v) is 10.7. The Bertz CT molecular complexity index is 558. The average molecular weight is 374 g/mol. The van der Waals surface area contributed by atoms with E-state index < -0.39 is 6.10 Å². The molecule has 0 radical (unpaired) electrons. The smallest absolute Gasteiger partial charge is 0.223 e. The van der Waals surface area contributed by atoms with Gasteiger partial charge in [-0.25, -0.2) is 0 Å². The molecule has 2 heterocycles. The fourth-order valence-electron chi connectivity index (χ4n) is 4.22. The number of β-amino-alcohol motifs (C(OH)–C–C–N with tert-alkyl or cyclic N) is 1. The Morgan fingerprint density at radius 3 is 2.33 bits per heavy atom. The SMILES string of the molecule is O=C(CCN1CCCCCCC1)N1CCN(Cc2ccccc2)C[C@@H](O)C1. The molecule has 2 saturated heterocycles. The van der Waals surface area contributed by atoms with Crippen molar-refractivity contribution in [2.45, 2.75) is 51.2 Å². The number of hydrogen-bond donors (Lipinski definition) is 1. The number of likely N-dealkylation sites (tertiary alicyclic amines) is 1. The number of hydrogen-bond acceptors (Lipinski definition) is 4. The molecule has 27 heavy (non-hydrogen) atoms. The summed E-state index contributed by atoms with van der Waals surface area (Å²) in [7, 11) is 0. The molecule has 1 aromatic rings. The van der Waals surface area contributed by atoms with E-state index >= 15 is 0 Å². The standard InChI is InChI=1S/C22H35N3O2/c26-21-18-24(17-20-9-5-4-6-10-20)15-16-25(19-21)22(27)11-14-23-12-7-2-1-3-8-13-23/h4-6,9-10,21,26H,1-3,7-8,11-19H2/t21-/m1/s1. The van der Waals surface area contributed by atoms with Crippen LogP contribution in [-0.4, -0.2) is 77.6 Å². The van der Waals surface area contributed by atoms with Crippen molar-refractivity contribution in [3.05, 3.63) is 35.9 Å². The maximum atomic E-state index is 12.7. The zero-order valence-corrected chi connectivity index (χ0v) is 16.6. The Morgan fingerprint density at radius 1 is 0.889 bits per heavy atom. The summed E-state index contributed by atoms with van der Waals surface area (Å²) in [6.45, 7) is 6.56. The molecule has 2 fully saturated rings. The number of aliphatic hydroxyl groups excluding tert-OH is 1. The molecule has 0 unspecified atom stereocenters. The van der Waals surface area contributed by atoms with Crippen molar-refractivity contribution in [2.75, 3.05) is 45.8 Å². The van der Waals surface area contributed by atoms with Gasteiger partial charge >= 0.3 is 0 Å². The molecule has 0 aromatic heterocycles. The average Bonchev–Trinajstić information content (AvgIpc) is 2.82. The summed E-state index contributed by atoms with van der Waals surface area (Å²) in [4.78, 5) is 19.3. The minimum Gasteiger partial charge on any atom is -0.390 e. The first-order valence-electron chi connectivity index (χ1n) is 10.7. The molecule has 0 saturated carbocycles. The van der Waals surface area contributed by atoms with Crippen LogP contribution in [0.25, 0.3) is 0 Å². The van der Waals surface area contributed by atoms with Crippen molar-refractivity contribution in [2.24, 2.45) is 0 Å². The van der Waals surface area contributed by atoms with Gasteiger partial charge in [-0.2, -0.15) is 0 Å². The molecule has 1 N–H and O–H groups in total. The molecule has 3 rings (SSSR count). The van der Waals surface area contributed by atoms with Crippen molar-refractivity contribution in [1.29, 1.82) is 0 Å². The summed E-state index contributed by atoms with van der Waals surface area (Å²) in [5, 5.41) is 10.4. The van der Waals surface area contributed by atoms with Gasteiger partial charge in [0.15, 0.2) is 0 Å². The molecule has 0 aliphatic carbocycles. The summed E-state index contributed by atoms with van der Waals surface area (Å²) in [5.74, 6) is 0.192. The molecule has 1 aromatic carbocycles. The van der Waals surface area contributed by atoms with Gasteiger partial charge in [0.25, 0.3) is 0 Å². The predicted molar refractivity (Wildman–Crippen MR) is 108 cm³/mol. The zero-order valence-electron chi connectivity index (χ0n) is 16.6. The predicted octanol–water partition coefficient (Wildman–Crippen LogP) is 2.35. The van der Waals surface area contributed by atoms with Crippen molar-refractivity contribution in [3.8, 4) is 0 Å². The van der Waals surface area contributed by atoms with E-state index in [4.69, 9.17) is 0 Å². The van der Waals surface area contributed by atoms with Crippen molar-refractivity contribution >= 4 is 5.91 Å². The van der Waals surface area contributed by atoms with Gasteiger partial charge in [0.05, 0.1) is 6.10 Å². The molecular formula is C22H35N3O2. The van der Waals surface area contributed by atoms with Crippen LogP contribution in [-0.2, 0) is 11.3 Å². The van der Waals surface area contributed by atoms with E-state index in [1.54, 1.807) is 0 Å². The van der Waals surface area contributed by atoms with Crippen molar-refractivity contribution in [1.82, 2.24) is 14.7 Å². The second-order valence-electron chi connectivity index (χ2n) is 8.07. The Kier molecular flexibility index (Phi) is 8.11. The summed E-state index contributed by atoms with van der Waals surface area (Å²) in [6, 6.07) is 10.3. The van der Waals surface area contributed by atoms with Crippen LogP contribution in [0.3, 0.4) is 0 Å². The summed E-state index contributed by atoms with van der Waals surface area (Å²) in [5.41, 5.74) is 1.25. The third-order valence-electron chi connectivity index (χ3n) is 5.78. The maximum absolute atomic E-state index is 12.7. The summed E-state index contributed by atoms with van der Waals surface area (Å²) >= 11 is 0. The molecule has 0 spiro atoms. The van der Waals surface area contributed by atoms with E-state index in [2.05, 4.69) is 21.9 Å². The second-order valence-corrected chi connectivity index (χ2v) is 8.07. The molecule has 5 nitrogen and oxygen atoms in total. The number of aliphatic hydroxyl groups is 1. The quantitative estimate of drug-likeness (QED) is 0.861. The van der Waals surface area contributed by atoms with Gasteiger partial charge in [-0.3, -0.25) is 9.69 Å². The van der Waals surface area contributed by atoms with Gasteiger partial charge in [0.1, 0.15) is 0 Å². The Balaban J connectivity index is 1.46. The number of rotatable bonds is 5. The summed E-state index contributed by atoms with van der Waals surface area (Å²) in [6.07, 6.45) is 6.61. The highest BCUT2D eigenvalue weighted by atomic mass is 16.3. The normalized spacial score (nSPS) is 23.4. The van der Waals surface area contributed by atoms with Crippen LogP contribution in [0.2, 0.25) is 0 Å². The van der Waals surface area contributed by atoms with Crippen LogP contribution >= 0.6 is 0 Å². The molecule has 2 aliphatic heterocycles. The zero-order chi connectivity index (χ0) is 18.9. The second kappa shape index (κ2) is 10.8. The van der Waals surface area contributed by atoms with Gasteiger partial charge in [-0.05, 0) is 31.5 Å². The first-order chi connectivity index (χ1) is 13.2. The molecule has 1 amide bonds. The molecule has 2 aliphatic rings. The van der Waals surface area contributed by atoms with Gasteiger partial charge in [-0.15, -0.1) is 0 Å². The molecule has 0 bridgehead atoms. The minimum absolute atomic E-state index is 0.192. The van der Waals surface area contributed by atoms with Gasteiger partial charge in [0.2, 0.25) is 5.91 Å². The third-order valence-corrected chi connectivity index (χ3v) is 5.78. The third kappa shape index (κ3) is 6.91. The van der Waals surface area contributed by atoms with Gasteiger partial charge < -0.3 is 14.9 Å². The van der Waals surface area contributed by atoms with Crippen LogP contribution in [0, 0.1) is 0 Å². The monoisotopic (exact) mass is 373 g/mol. The molecule has 5 heteroatoms. The van der Waals surface area contributed by atoms with Crippen LogP contribution in [0.15, 0.2) is 30.3 Å². The highest BCUT2D eigenvalue weighted by Gasteiger charge is 2.24. The Labute approximate surface area is 163 Å². The lowest BCUT2D eigenvalue weighted by Crippen LogP contribution is -2.39. The van der Waals surface area contributed by atoms with Crippen LogP contribution in [0.5, 0.6) is 0 Å². The Morgan fingerprint density at radius 2 is 1.59 bits per heavy atom. The van der Waals surface area contributed by atoms with E-state index in [-0.39, 0.29) is 5.91 Å². The fraction of sp³-hybridized carbons (Fsp3) is 0.682. The first kappa shape index (κ1) is 20.3. The maximum Gasteiger partial charge on any atom is 0.223 e. The van der Waals surface area contributed by atoms with Crippen molar-refractivity contribution < 1.29 is 9.90 Å². The van der Waals surface area contributed by atoms with Gasteiger partial charge in [0, 0.05) is 45.7 Å². The molecule has 150 valence electrons. The van der Waals surface area contributed by atoms with E-state index in [1.807, 2.05) is 23.1 Å². The number of carbonyl (C=O) groups is 1. The highest BCUT2D eigenvalue weighted by molar-refractivity contribution is 5.76. The molecule has 1 atom stereocenters. The van der Waals surface area contributed by atoms with Crippen LogP contribution < -0.4 is 0 Å². The lowest BCUT2D eigenvalue weighted by Gasteiger charge is -2.26. The van der Waals surface area contributed by atoms with Crippen LogP contribution in [0.4, 0.5) is 0 Å². The highest BCUT2D eigenvalue weighted by Crippen LogP contribution is 2.13. The largest absolute Gasteiger partial charge is 0.390 e. The summed E-state index contributed by atoms with van der Waals surface area (Å²) < 4.78 is 0. The number of carbonyl (C=O) groups excluding carboxylic acids is 1. The molecular weight excluding hydrogens is 338 g/mol. The van der Waals surface area contributed by atoms with Crippen LogP contribution in [0.1, 0.15) is 44.1 Å². The van der Waals surface area contributed by atoms with Gasteiger partial charge in [-0.1, -0.05) is 49.6 Å². The van der Waals surface area contributed by atoms with E-state index in [9.17, 15) is 9.90 Å². The Hall–Kier alpha value is -1.43.